The summed E-state index contributed by atoms with van der Waals surface area (Å²) >= 11 is 5.82. The molecular weight excluding hydrogens is 208 g/mol. The Bertz CT molecular complexity index is 424. The van der Waals surface area contributed by atoms with E-state index in [0.717, 1.165) is 18.5 Å². The number of rotatable bonds is 2. The topological polar surface area (TPSA) is 35.8 Å². The summed E-state index contributed by atoms with van der Waals surface area (Å²) in [6.07, 6.45) is 6.35. The second-order valence-corrected chi connectivity index (χ2v) is 4.02. The van der Waals surface area contributed by atoms with Gasteiger partial charge >= 0.3 is 0 Å². The predicted octanol–water partition coefficient (Wildman–Crippen LogP) is 3.34. The molecule has 0 unspecified atom stereocenters. The normalized spacial score (nSPS) is 15.2. The summed E-state index contributed by atoms with van der Waals surface area (Å²) in [7, 11) is 0. The third-order valence-corrected chi connectivity index (χ3v) is 2.70. The number of nitrogens with zero attached hydrogens (tertiary/aromatic N) is 1. The number of benzene rings is 1. The standard InChI is InChI=1S/C12H11ClN2/c13-10-5-6-12(9(7-10)8-14)15-11-3-1-2-4-11/h1-2,5-7,11,15H,3-4H2. The van der Waals surface area contributed by atoms with Crippen molar-refractivity contribution in [3.05, 3.63) is 40.9 Å². The van der Waals surface area contributed by atoms with Crippen LogP contribution in [0, 0.1) is 11.3 Å². The van der Waals surface area contributed by atoms with Gasteiger partial charge in [-0.05, 0) is 31.0 Å². The molecule has 0 aliphatic heterocycles. The molecule has 1 aromatic rings. The fourth-order valence-corrected chi connectivity index (χ4v) is 1.86. The Morgan fingerprint density at radius 2 is 2.07 bits per heavy atom. The molecule has 0 fully saturated rings. The molecule has 1 aliphatic rings. The largest absolute Gasteiger partial charge is 0.381 e. The average Bonchev–Trinajstić information content (AvgIpc) is 2.73. The van der Waals surface area contributed by atoms with Gasteiger partial charge in [0, 0.05) is 11.1 Å². The highest BCUT2D eigenvalue weighted by molar-refractivity contribution is 6.30. The van der Waals surface area contributed by atoms with Gasteiger partial charge in [0.15, 0.2) is 0 Å². The first-order valence-corrected chi connectivity index (χ1v) is 5.28. The van der Waals surface area contributed by atoms with E-state index in [1.165, 1.54) is 0 Å². The van der Waals surface area contributed by atoms with Crippen molar-refractivity contribution in [2.45, 2.75) is 18.9 Å². The van der Waals surface area contributed by atoms with E-state index >= 15 is 0 Å². The fourth-order valence-electron chi connectivity index (χ4n) is 1.69. The van der Waals surface area contributed by atoms with Crippen molar-refractivity contribution in [3.8, 4) is 6.07 Å². The van der Waals surface area contributed by atoms with Gasteiger partial charge in [0.25, 0.3) is 0 Å². The van der Waals surface area contributed by atoms with Crippen molar-refractivity contribution in [1.82, 2.24) is 0 Å². The summed E-state index contributed by atoms with van der Waals surface area (Å²) < 4.78 is 0. The van der Waals surface area contributed by atoms with Gasteiger partial charge in [-0.3, -0.25) is 0 Å². The van der Waals surface area contributed by atoms with Gasteiger partial charge in [-0.25, -0.2) is 0 Å². The molecule has 3 heteroatoms. The number of nitriles is 1. The first-order valence-electron chi connectivity index (χ1n) is 4.91. The maximum Gasteiger partial charge on any atom is 0.101 e. The highest BCUT2D eigenvalue weighted by Crippen LogP contribution is 2.23. The molecule has 0 heterocycles. The van der Waals surface area contributed by atoms with Gasteiger partial charge in [0.1, 0.15) is 6.07 Å². The van der Waals surface area contributed by atoms with E-state index in [9.17, 15) is 0 Å². The molecular formula is C12H11ClN2. The first-order chi connectivity index (χ1) is 7.29. The van der Waals surface area contributed by atoms with Crippen molar-refractivity contribution >= 4 is 17.3 Å². The van der Waals surface area contributed by atoms with Gasteiger partial charge in [-0.15, -0.1) is 0 Å². The van der Waals surface area contributed by atoms with Crippen LogP contribution < -0.4 is 5.32 Å². The Balaban J connectivity index is 2.17. The van der Waals surface area contributed by atoms with E-state index in [1.54, 1.807) is 12.1 Å². The Labute approximate surface area is 94.2 Å². The van der Waals surface area contributed by atoms with Crippen molar-refractivity contribution < 1.29 is 0 Å². The number of nitrogens with one attached hydrogen (secondary N) is 1. The van der Waals surface area contributed by atoms with Gasteiger partial charge in [0.05, 0.1) is 11.3 Å². The smallest absolute Gasteiger partial charge is 0.101 e. The van der Waals surface area contributed by atoms with Crippen LogP contribution in [0.5, 0.6) is 0 Å². The van der Waals surface area contributed by atoms with Crippen LogP contribution in [-0.4, -0.2) is 6.04 Å². The van der Waals surface area contributed by atoms with E-state index in [2.05, 4.69) is 23.5 Å². The second-order valence-electron chi connectivity index (χ2n) is 3.59. The summed E-state index contributed by atoms with van der Waals surface area (Å²) in [4.78, 5) is 0. The minimum absolute atomic E-state index is 0.415. The fraction of sp³-hybridized carbons (Fsp3) is 0.250. The average molecular weight is 219 g/mol. The van der Waals surface area contributed by atoms with Gasteiger partial charge < -0.3 is 5.32 Å². The number of halogens is 1. The van der Waals surface area contributed by atoms with Crippen LogP contribution in [0.1, 0.15) is 18.4 Å². The molecule has 2 nitrogen and oxygen atoms in total. The lowest BCUT2D eigenvalue weighted by Gasteiger charge is -2.14. The predicted molar refractivity (Wildman–Crippen MR) is 62.0 cm³/mol. The van der Waals surface area contributed by atoms with Crippen molar-refractivity contribution in [2.75, 3.05) is 5.32 Å². The molecule has 0 bridgehead atoms. The highest BCUT2D eigenvalue weighted by Gasteiger charge is 2.11. The zero-order valence-corrected chi connectivity index (χ0v) is 8.96. The Hall–Kier alpha value is -1.46. The Kier molecular flexibility index (Phi) is 2.94. The maximum absolute atomic E-state index is 8.95. The maximum atomic E-state index is 8.95. The molecule has 0 atom stereocenters. The molecule has 1 N–H and O–H groups in total. The highest BCUT2D eigenvalue weighted by atomic mass is 35.5. The van der Waals surface area contributed by atoms with Crippen LogP contribution in [-0.2, 0) is 0 Å². The van der Waals surface area contributed by atoms with Crippen molar-refractivity contribution in [1.29, 1.82) is 5.26 Å². The lowest BCUT2D eigenvalue weighted by molar-refractivity contribution is 0.786. The van der Waals surface area contributed by atoms with Crippen LogP contribution in [0.4, 0.5) is 5.69 Å². The second kappa shape index (κ2) is 4.37. The summed E-state index contributed by atoms with van der Waals surface area (Å²) in [5.41, 5.74) is 1.48. The summed E-state index contributed by atoms with van der Waals surface area (Å²) in [5.74, 6) is 0. The van der Waals surface area contributed by atoms with Gasteiger partial charge in [0.2, 0.25) is 0 Å². The van der Waals surface area contributed by atoms with E-state index in [1.807, 2.05) is 6.07 Å². The quantitative estimate of drug-likeness (QED) is 0.773. The lowest BCUT2D eigenvalue weighted by Crippen LogP contribution is -2.15. The van der Waals surface area contributed by atoms with Crippen LogP contribution >= 0.6 is 11.6 Å². The van der Waals surface area contributed by atoms with Crippen LogP contribution in [0.3, 0.4) is 0 Å². The molecule has 15 heavy (non-hydrogen) atoms. The molecule has 0 aromatic heterocycles. The van der Waals surface area contributed by atoms with Crippen molar-refractivity contribution in [3.63, 3.8) is 0 Å². The van der Waals surface area contributed by atoms with Crippen molar-refractivity contribution in [2.24, 2.45) is 0 Å². The monoisotopic (exact) mass is 218 g/mol. The Morgan fingerprint density at radius 1 is 1.33 bits per heavy atom. The van der Waals surface area contributed by atoms with Crippen LogP contribution in [0.2, 0.25) is 5.02 Å². The van der Waals surface area contributed by atoms with E-state index in [4.69, 9.17) is 16.9 Å². The first kappa shape index (κ1) is 10.1. The van der Waals surface area contributed by atoms with Crippen LogP contribution in [0.25, 0.3) is 0 Å². The van der Waals surface area contributed by atoms with E-state index in [-0.39, 0.29) is 0 Å². The minimum Gasteiger partial charge on any atom is -0.381 e. The molecule has 2 rings (SSSR count). The molecule has 0 amide bonds. The van der Waals surface area contributed by atoms with Gasteiger partial charge in [-0.1, -0.05) is 23.8 Å². The molecule has 0 saturated heterocycles. The lowest BCUT2D eigenvalue weighted by atomic mass is 10.1. The van der Waals surface area contributed by atoms with Gasteiger partial charge in [-0.2, -0.15) is 5.26 Å². The number of hydrogen-bond acceptors (Lipinski definition) is 2. The number of hydrogen-bond donors (Lipinski definition) is 1. The third kappa shape index (κ3) is 2.31. The zero-order valence-electron chi connectivity index (χ0n) is 8.20. The molecule has 0 saturated carbocycles. The zero-order chi connectivity index (χ0) is 10.7. The number of anilines is 1. The molecule has 76 valence electrons. The van der Waals surface area contributed by atoms with E-state index < -0.39 is 0 Å². The molecule has 0 spiro atoms. The molecule has 0 radical (unpaired) electrons. The SMILES string of the molecule is N#Cc1cc(Cl)ccc1NC1CC=CC1. The summed E-state index contributed by atoms with van der Waals surface area (Å²) in [6.45, 7) is 0. The summed E-state index contributed by atoms with van der Waals surface area (Å²) in [5, 5.41) is 12.9. The molecule has 1 aliphatic carbocycles. The van der Waals surface area contributed by atoms with E-state index in [0.29, 0.717) is 16.6 Å². The van der Waals surface area contributed by atoms with Crippen LogP contribution in [0.15, 0.2) is 30.4 Å². The summed E-state index contributed by atoms with van der Waals surface area (Å²) in [6, 6.07) is 7.90. The minimum atomic E-state index is 0.415. The third-order valence-electron chi connectivity index (χ3n) is 2.47. The Morgan fingerprint density at radius 3 is 2.73 bits per heavy atom. The molecule has 1 aromatic carbocycles.